The van der Waals surface area contributed by atoms with E-state index in [9.17, 15) is 9.59 Å². The second-order valence-electron chi connectivity index (χ2n) is 8.36. The van der Waals surface area contributed by atoms with Gasteiger partial charge in [0, 0.05) is 27.4 Å². The first-order valence-electron chi connectivity index (χ1n) is 11.5. The number of nitrogens with one attached hydrogen (secondary N) is 1. The molecule has 1 saturated carbocycles. The van der Waals surface area contributed by atoms with Crippen LogP contribution in [0.2, 0.25) is 0 Å². The monoisotopic (exact) mass is 498 g/mol. The Hall–Kier alpha value is -2.84. The standard InChI is InChI=1S/C26H30N2O4S2/c1-31-19-11-12-22(23(15-19)32-2)25(26(30)27-18-7-3-4-8-18)28(17-21-10-6-14-34-21)24(29)16-20-9-5-13-33-20/h5-6,9-15,18,25H,3-4,7-8,16-17H2,1-2H3,(H,27,30)/t25-/m1/s1. The van der Waals surface area contributed by atoms with Gasteiger partial charge < -0.3 is 19.7 Å². The molecule has 4 rings (SSSR count). The summed E-state index contributed by atoms with van der Waals surface area (Å²) in [5.74, 6) is 0.878. The van der Waals surface area contributed by atoms with Crippen molar-refractivity contribution in [2.45, 2.75) is 50.7 Å². The number of carbonyl (C=O) groups is 2. The predicted octanol–water partition coefficient (Wildman–Crippen LogP) is 5.20. The summed E-state index contributed by atoms with van der Waals surface area (Å²) in [5, 5.41) is 7.16. The maximum absolute atomic E-state index is 13.8. The molecule has 3 aromatic rings. The van der Waals surface area contributed by atoms with Gasteiger partial charge in [0.05, 0.1) is 27.2 Å². The molecule has 34 heavy (non-hydrogen) atoms. The van der Waals surface area contributed by atoms with Gasteiger partial charge in [-0.3, -0.25) is 9.59 Å². The van der Waals surface area contributed by atoms with Crippen molar-refractivity contribution >= 4 is 34.5 Å². The molecular weight excluding hydrogens is 468 g/mol. The first-order valence-corrected chi connectivity index (χ1v) is 13.2. The number of nitrogens with zero attached hydrogens (tertiary/aromatic N) is 1. The second kappa shape index (κ2) is 11.5. The first kappa shape index (κ1) is 24.3. The summed E-state index contributed by atoms with van der Waals surface area (Å²) in [6, 6.07) is 12.6. The van der Waals surface area contributed by atoms with Crippen molar-refractivity contribution in [3.63, 3.8) is 0 Å². The normalized spacial score (nSPS) is 14.5. The Morgan fingerprint density at radius 1 is 1.03 bits per heavy atom. The molecule has 6 nitrogen and oxygen atoms in total. The second-order valence-corrected chi connectivity index (χ2v) is 10.4. The van der Waals surface area contributed by atoms with Crippen LogP contribution in [-0.4, -0.2) is 37.0 Å². The third-order valence-corrected chi connectivity index (χ3v) is 7.87. The van der Waals surface area contributed by atoms with Crippen LogP contribution in [-0.2, 0) is 22.6 Å². The van der Waals surface area contributed by atoms with Crippen LogP contribution in [0.3, 0.4) is 0 Å². The zero-order valence-electron chi connectivity index (χ0n) is 19.5. The SMILES string of the molecule is COc1ccc([C@H](C(=O)NC2CCCC2)N(Cc2cccs2)C(=O)Cc2cccs2)c(OC)c1. The molecule has 1 aromatic carbocycles. The van der Waals surface area contributed by atoms with Crippen molar-refractivity contribution in [3.05, 3.63) is 68.5 Å². The third kappa shape index (κ3) is 5.80. The number of hydrogen-bond donors (Lipinski definition) is 1. The van der Waals surface area contributed by atoms with Crippen LogP contribution in [0.1, 0.15) is 47.0 Å². The van der Waals surface area contributed by atoms with E-state index in [1.54, 1.807) is 53.9 Å². The van der Waals surface area contributed by atoms with Crippen molar-refractivity contribution in [1.29, 1.82) is 0 Å². The van der Waals surface area contributed by atoms with Crippen molar-refractivity contribution in [1.82, 2.24) is 10.2 Å². The van der Waals surface area contributed by atoms with Gasteiger partial charge in [0.1, 0.15) is 17.5 Å². The Morgan fingerprint density at radius 2 is 1.74 bits per heavy atom. The fourth-order valence-corrected chi connectivity index (χ4v) is 5.80. The minimum absolute atomic E-state index is 0.0970. The van der Waals surface area contributed by atoms with E-state index in [4.69, 9.17) is 9.47 Å². The number of rotatable bonds is 10. The lowest BCUT2D eigenvalue weighted by Crippen LogP contribution is -2.46. The Balaban J connectivity index is 1.74. The molecule has 180 valence electrons. The lowest BCUT2D eigenvalue weighted by molar-refractivity contribution is -0.141. The average molecular weight is 499 g/mol. The van der Waals surface area contributed by atoms with Gasteiger partial charge >= 0.3 is 0 Å². The van der Waals surface area contributed by atoms with Crippen LogP contribution < -0.4 is 14.8 Å². The van der Waals surface area contributed by atoms with Gasteiger partial charge in [0.25, 0.3) is 0 Å². The lowest BCUT2D eigenvalue weighted by Gasteiger charge is -2.33. The van der Waals surface area contributed by atoms with Gasteiger partial charge in [-0.15, -0.1) is 22.7 Å². The van der Waals surface area contributed by atoms with Gasteiger partial charge in [-0.2, -0.15) is 0 Å². The molecule has 8 heteroatoms. The first-order chi connectivity index (χ1) is 16.6. The zero-order chi connectivity index (χ0) is 23.9. The van der Waals surface area contributed by atoms with E-state index in [2.05, 4.69) is 5.32 Å². The van der Waals surface area contributed by atoms with Crippen molar-refractivity contribution in [2.24, 2.45) is 0 Å². The highest BCUT2D eigenvalue weighted by Gasteiger charge is 2.35. The number of carbonyl (C=O) groups excluding carboxylic acids is 2. The van der Waals surface area contributed by atoms with Gasteiger partial charge in [-0.1, -0.05) is 25.0 Å². The zero-order valence-corrected chi connectivity index (χ0v) is 21.1. The van der Waals surface area contributed by atoms with Crippen LogP contribution in [0.15, 0.2) is 53.2 Å². The molecule has 1 fully saturated rings. The third-order valence-electron chi connectivity index (χ3n) is 6.13. The molecule has 0 aliphatic heterocycles. The summed E-state index contributed by atoms with van der Waals surface area (Å²) in [6.07, 6.45) is 4.39. The Labute approximate surface area is 208 Å². The van der Waals surface area contributed by atoms with Crippen LogP contribution >= 0.6 is 22.7 Å². The smallest absolute Gasteiger partial charge is 0.247 e. The predicted molar refractivity (Wildman–Crippen MR) is 136 cm³/mol. The van der Waals surface area contributed by atoms with E-state index in [0.717, 1.165) is 35.4 Å². The number of ether oxygens (including phenoxy) is 2. The minimum Gasteiger partial charge on any atom is -0.497 e. The summed E-state index contributed by atoms with van der Waals surface area (Å²) in [7, 11) is 3.16. The number of benzene rings is 1. The minimum atomic E-state index is -0.823. The van der Waals surface area contributed by atoms with Crippen molar-refractivity contribution in [3.8, 4) is 11.5 Å². The topological polar surface area (TPSA) is 67.9 Å². The molecule has 0 saturated heterocycles. The summed E-state index contributed by atoms with van der Waals surface area (Å²) in [4.78, 5) is 31.2. The molecule has 1 aliphatic carbocycles. The summed E-state index contributed by atoms with van der Waals surface area (Å²) >= 11 is 3.12. The molecule has 2 aromatic heterocycles. The molecule has 0 spiro atoms. The molecule has 2 heterocycles. The van der Waals surface area contributed by atoms with Gasteiger partial charge in [0.15, 0.2) is 0 Å². The Bertz CT molecular complexity index is 1080. The quantitative estimate of drug-likeness (QED) is 0.417. The molecule has 0 radical (unpaired) electrons. The highest BCUT2D eigenvalue weighted by Crippen LogP contribution is 2.35. The van der Waals surface area contributed by atoms with Crippen molar-refractivity contribution < 1.29 is 19.1 Å². The molecule has 0 unspecified atom stereocenters. The van der Waals surface area contributed by atoms with Gasteiger partial charge in [0.2, 0.25) is 11.8 Å². The average Bonchev–Trinajstić information content (AvgIpc) is 3.63. The molecule has 1 N–H and O–H groups in total. The van der Waals surface area contributed by atoms with E-state index in [-0.39, 0.29) is 24.3 Å². The Kier molecular flexibility index (Phi) is 8.24. The largest absolute Gasteiger partial charge is 0.497 e. The number of thiophene rings is 2. The van der Waals surface area contributed by atoms with Crippen molar-refractivity contribution in [2.75, 3.05) is 14.2 Å². The van der Waals surface area contributed by atoms with Crippen LogP contribution in [0, 0.1) is 0 Å². The van der Waals surface area contributed by atoms with Gasteiger partial charge in [-0.25, -0.2) is 0 Å². The maximum Gasteiger partial charge on any atom is 0.247 e. The summed E-state index contributed by atoms with van der Waals surface area (Å²) in [6.45, 7) is 0.347. The van der Waals surface area contributed by atoms with E-state index in [0.29, 0.717) is 23.6 Å². The molecule has 1 aliphatic rings. The van der Waals surface area contributed by atoms with Crippen LogP contribution in [0.25, 0.3) is 0 Å². The van der Waals surface area contributed by atoms with E-state index < -0.39 is 6.04 Å². The molecule has 2 amide bonds. The highest BCUT2D eigenvalue weighted by molar-refractivity contribution is 7.10. The number of methoxy groups -OCH3 is 2. The summed E-state index contributed by atoms with van der Waals surface area (Å²) < 4.78 is 11.0. The fraction of sp³-hybridized carbons (Fsp3) is 0.385. The van der Waals surface area contributed by atoms with Crippen LogP contribution in [0.4, 0.5) is 0 Å². The van der Waals surface area contributed by atoms with E-state index in [1.165, 1.54) is 0 Å². The van der Waals surface area contributed by atoms with Crippen LogP contribution in [0.5, 0.6) is 11.5 Å². The summed E-state index contributed by atoms with van der Waals surface area (Å²) in [5.41, 5.74) is 0.648. The lowest BCUT2D eigenvalue weighted by atomic mass is 10.0. The number of amides is 2. The molecule has 0 bridgehead atoms. The van der Waals surface area contributed by atoms with Gasteiger partial charge in [-0.05, 0) is 47.9 Å². The van der Waals surface area contributed by atoms with E-state index >= 15 is 0 Å². The number of hydrogen-bond acceptors (Lipinski definition) is 6. The highest BCUT2D eigenvalue weighted by atomic mass is 32.1. The maximum atomic E-state index is 13.8. The molecular formula is C26H30N2O4S2. The Morgan fingerprint density at radius 3 is 2.35 bits per heavy atom. The fourth-order valence-electron chi connectivity index (χ4n) is 4.40. The van der Waals surface area contributed by atoms with E-state index in [1.807, 2.05) is 41.1 Å². The molecule has 1 atom stereocenters.